The molecular weight excluding hydrogens is 280 g/mol. The Hall–Kier alpha value is -1.39. The van der Waals surface area contributed by atoms with E-state index in [9.17, 15) is 4.79 Å². The Balaban J connectivity index is 2.22. The van der Waals surface area contributed by atoms with Crippen LogP contribution in [0.15, 0.2) is 30.3 Å². The quantitative estimate of drug-likeness (QED) is 0.773. The van der Waals surface area contributed by atoms with Crippen molar-refractivity contribution in [2.24, 2.45) is 10.8 Å². The standard InChI is InChI=1S/C18H26O4/c1-17(2,3)15(19)21-14-13(12-10-8-7-9-11-12)20-16(22-14)18(4,5)6/h7-11,13-14,16H,1-6H3/t13-,14-,16-/m0/s1. The van der Waals surface area contributed by atoms with Crippen LogP contribution >= 0.6 is 0 Å². The number of esters is 1. The van der Waals surface area contributed by atoms with Gasteiger partial charge in [0.25, 0.3) is 0 Å². The zero-order valence-electron chi connectivity index (χ0n) is 14.3. The summed E-state index contributed by atoms with van der Waals surface area (Å²) in [7, 11) is 0. The van der Waals surface area contributed by atoms with Crippen molar-refractivity contribution >= 4 is 5.97 Å². The van der Waals surface area contributed by atoms with Gasteiger partial charge >= 0.3 is 5.97 Å². The molecule has 0 radical (unpaired) electrons. The first kappa shape index (κ1) is 17.0. The SMILES string of the molecule is CC(C)(C)C(=O)O[C@H]1O[C@@H](C(C)(C)C)O[C@H]1c1ccccc1. The van der Waals surface area contributed by atoms with Crippen LogP contribution in [-0.4, -0.2) is 18.5 Å². The van der Waals surface area contributed by atoms with Crippen molar-refractivity contribution in [1.29, 1.82) is 0 Å². The molecule has 0 aromatic heterocycles. The van der Waals surface area contributed by atoms with Crippen LogP contribution in [0.5, 0.6) is 0 Å². The molecule has 1 aromatic carbocycles. The second-order valence-corrected chi connectivity index (χ2v) is 7.83. The molecule has 3 atom stereocenters. The molecule has 1 aliphatic rings. The van der Waals surface area contributed by atoms with Crippen molar-refractivity contribution in [3.63, 3.8) is 0 Å². The summed E-state index contributed by atoms with van der Waals surface area (Å²) in [6.45, 7) is 11.6. The van der Waals surface area contributed by atoms with Crippen molar-refractivity contribution in [2.75, 3.05) is 0 Å². The highest BCUT2D eigenvalue weighted by Crippen LogP contribution is 2.40. The van der Waals surface area contributed by atoms with E-state index in [1.807, 2.05) is 71.9 Å². The fourth-order valence-electron chi connectivity index (χ4n) is 2.08. The smallest absolute Gasteiger partial charge is 0.313 e. The topological polar surface area (TPSA) is 44.8 Å². The van der Waals surface area contributed by atoms with Gasteiger partial charge < -0.3 is 14.2 Å². The Morgan fingerprint density at radius 2 is 1.59 bits per heavy atom. The fraction of sp³-hybridized carbons (Fsp3) is 0.611. The normalized spacial score (nSPS) is 26.0. The van der Waals surface area contributed by atoms with E-state index in [2.05, 4.69) is 0 Å². The monoisotopic (exact) mass is 306 g/mol. The molecular formula is C18H26O4. The molecule has 0 N–H and O–H groups in total. The number of carbonyl (C=O) groups excluding carboxylic acids is 1. The Labute approximate surface area is 132 Å². The van der Waals surface area contributed by atoms with E-state index in [4.69, 9.17) is 14.2 Å². The molecule has 4 heteroatoms. The zero-order valence-corrected chi connectivity index (χ0v) is 14.3. The number of carbonyl (C=O) groups is 1. The molecule has 0 amide bonds. The molecule has 122 valence electrons. The highest BCUT2D eigenvalue weighted by Gasteiger charge is 2.45. The molecule has 0 bridgehead atoms. The molecule has 0 spiro atoms. The first-order valence-electron chi connectivity index (χ1n) is 7.66. The highest BCUT2D eigenvalue weighted by atomic mass is 16.8. The maximum Gasteiger partial charge on any atom is 0.313 e. The van der Waals surface area contributed by atoms with Crippen molar-refractivity contribution in [1.82, 2.24) is 0 Å². The number of ether oxygens (including phenoxy) is 3. The van der Waals surface area contributed by atoms with E-state index in [0.717, 1.165) is 5.56 Å². The predicted molar refractivity (Wildman–Crippen MR) is 83.9 cm³/mol. The molecule has 0 unspecified atom stereocenters. The lowest BCUT2D eigenvalue weighted by Gasteiger charge is -2.25. The van der Waals surface area contributed by atoms with Gasteiger partial charge in [-0.3, -0.25) is 4.79 Å². The summed E-state index contributed by atoms with van der Waals surface area (Å²) in [6, 6.07) is 9.72. The van der Waals surface area contributed by atoms with Crippen LogP contribution in [0.1, 0.15) is 53.2 Å². The number of rotatable bonds is 2. The Morgan fingerprint density at radius 1 is 1.00 bits per heavy atom. The Morgan fingerprint density at radius 3 is 2.09 bits per heavy atom. The molecule has 1 heterocycles. The minimum atomic E-state index is -0.724. The van der Waals surface area contributed by atoms with Crippen molar-refractivity contribution in [3.05, 3.63) is 35.9 Å². The molecule has 1 fully saturated rings. The highest BCUT2D eigenvalue weighted by molar-refractivity contribution is 5.75. The second kappa shape index (κ2) is 6.01. The van der Waals surface area contributed by atoms with Gasteiger partial charge in [0.05, 0.1) is 5.41 Å². The summed E-state index contributed by atoms with van der Waals surface area (Å²) in [4.78, 5) is 12.2. The molecule has 1 aliphatic heterocycles. The van der Waals surface area contributed by atoms with Crippen LogP contribution in [0.25, 0.3) is 0 Å². The van der Waals surface area contributed by atoms with E-state index in [0.29, 0.717) is 0 Å². The van der Waals surface area contributed by atoms with Crippen molar-refractivity contribution in [2.45, 2.75) is 60.2 Å². The molecule has 4 nitrogen and oxygen atoms in total. The van der Waals surface area contributed by atoms with E-state index < -0.39 is 24.1 Å². The van der Waals surface area contributed by atoms with Gasteiger partial charge in [0.1, 0.15) is 6.10 Å². The predicted octanol–water partition coefficient (Wildman–Crippen LogP) is 4.06. The lowest BCUT2D eigenvalue weighted by molar-refractivity contribution is -0.197. The van der Waals surface area contributed by atoms with Gasteiger partial charge in [0.2, 0.25) is 6.29 Å². The van der Waals surface area contributed by atoms with Gasteiger partial charge in [0, 0.05) is 5.41 Å². The Kier molecular flexibility index (Phi) is 4.64. The zero-order chi connectivity index (χ0) is 16.5. The lowest BCUT2D eigenvalue weighted by atomic mass is 9.96. The molecule has 22 heavy (non-hydrogen) atoms. The molecule has 1 aromatic rings. The van der Waals surface area contributed by atoms with E-state index in [1.165, 1.54) is 0 Å². The van der Waals surface area contributed by atoms with Crippen LogP contribution in [0.3, 0.4) is 0 Å². The van der Waals surface area contributed by atoms with Gasteiger partial charge in [-0.25, -0.2) is 0 Å². The van der Waals surface area contributed by atoms with Crippen LogP contribution < -0.4 is 0 Å². The van der Waals surface area contributed by atoms with Gasteiger partial charge in [-0.1, -0.05) is 51.1 Å². The maximum atomic E-state index is 12.2. The largest absolute Gasteiger partial charge is 0.432 e. The van der Waals surface area contributed by atoms with Crippen LogP contribution in [0.4, 0.5) is 0 Å². The summed E-state index contributed by atoms with van der Waals surface area (Å²) in [5, 5.41) is 0. The van der Waals surface area contributed by atoms with Crippen molar-refractivity contribution < 1.29 is 19.0 Å². The minimum Gasteiger partial charge on any atom is -0.432 e. The first-order chi connectivity index (χ1) is 10.1. The van der Waals surface area contributed by atoms with Crippen LogP contribution in [-0.2, 0) is 19.0 Å². The third-order valence-electron chi connectivity index (χ3n) is 3.45. The number of benzene rings is 1. The van der Waals surface area contributed by atoms with E-state index in [-0.39, 0.29) is 11.4 Å². The van der Waals surface area contributed by atoms with Crippen molar-refractivity contribution in [3.8, 4) is 0 Å². The van der Waals surface area contributed by atoms with Crippen LogP contribution in [0.2, 0.25) is 0 Å². The third-order valence-corrected chi connectivity index (χ3v) is 3.45. The fourth-order valence-corrected chi connectivity index (χ4v) is 2.08. The molecule has 1 saturated heterocycles. The van der Waals surface area contributed by atoms with Gasteiger partial charge in [-0.15, -0.1) is 0 Å². The van der Waals surface area contributed by atoms with Crippen LogP contribution in [0, 0.1) is 10.8 Å². The summed E-state index contributed by atoms with van der Waals surface area (Å²) >= 11 is 0. The number of hydrogen-bond donors (Lipinski definition) is 0. The summed E-state index contributed by atoms with van der Waals surface area (Å²) in [5.74, 6) is -0.295. The molecule has 2 rings (SSSR count). The van der Waals surface area contributed by atoms with Gasteiger partial charge in [-0.05, 0) is 26.3 Å². The average Bonchev–Trinajstić information content (AvgIpc) is 2.82. The lowest BCUT2D eigenvalue weighted by Crippen LogP contribution is -2.32. The average molecular weight is 306 g/mol. The third kappa shape index (κ3) is 3.87. The minimum absolute atomic E-state index is 0.198. The van der Waals surface area contributed by atoms with Gasteiger partial charge in [-0.2, -0.15) is 0 Å². The Bertz CT molecular complexity index is 510. The van der Waals surface area contributed by atoms with Gasteiger partial charge in [0.15, 0.2) is 6.29 Å². The second-order valence-electron chi connectivity index (χ2n) is 7.83. The summed E-state index contributed by atoms with van der Waals surface area (Å²) in [5.41, 5.74) is 0.168. The van der Waals surface area contributed by atoms with E-state index in [1.54, 1.807) is 0 Å². The summed E-state index contributed by atoms with van der Waals surface area (Å²) in [6.07, 6.45) is -1.55. The van der Waals surface area contributed by atoms with E-state index >= 15 is 0 Å². The first-order valence-corrected chi connectivity index (χ1v) is 7.66. The molecule has 0 aliphatic carbocycles. The number of hydrogen-bond acceptors (Lipinski definition) is 4. The summed E-state index contributed by atoms with van der Waals surface area (Å²) < 4.78 is 17.5. The molecule has 0 saturated carbocycles. The maximum absolute atomic E-state index is 12.2.